The second-order valence-corrected chi connectivity index (χ2v) is 6.59. The Hall–Kier alpha value is 0.0900. The number of sulfonamides is 1. The molecule has 3 N–H and O–H groups in total. The lowest BCUT2D eigenvalue weighted by molar-refractivity contribution is 0.294. The van der Waals surface area contributed by atoms with E-state index in [2.05, 4.69) is 4.72 Å². The van der Waals surface area contributed by atoms with Gasteiger partial charge in [0.05, 0.1) is 12.4 Å². The monoisotopic (exact) mass is 302 g/mol. The summed E-state index contributed by atoms with van der Waals surface area (Å²) in [6, 6.07) is -0.181. The van der Waals surface area contributed by atoms with Gasteiger partial charge in [-0.3, -0.25) is 4.39 Å². The molecule has 1 unspecified atom stereocenters. The molecule has 0 aromatic carbocycles. The van der Waals surface area contributed by atoms with Crippen molar-refractivity contribution in [3.05, 3.63) is 0 Å². The van der Waals surface area contributed by atoms with E-state index in [1.54, 1.807) is 0 Å². The second kappa shape index (κ2) is 9.07. The fraction of sp³-hybridized carbons (Fsp3) is 1.00. The molecule has 0 spiro atoms. The minimum absolute atomic E-state index is 0. The van der Waals surface area contributed by atoms with Crippen LogP contribution in [0, 0.1) is 5.92 Å². The van der Waals surface area contributed by atoms with Crippen molar-refractivity contribution in [2.45, 2.75) is 44.6 Å². The highest BCUT2D eigenvalue weighted by atomic mass is 35.5. The number of rotatable bonds is 7. The molecule has 0 bridgehead atoms. The van der Waals surface area contributed by atoms with Gasteiger partial charge in [0, 0.05) is 12.6 Å². The van der Waals surface area contributed by atoms with E-state index < -0.39 is 16.7 Å². The van der Waals surface area contributed by atoms with Crippen LogP contribution in [-0.2, 0) is 10.0 Å². The number of alkyl halides is 1. The van der Waals surface area contributed by atoms with E-state index in [9.17, 15) is 12.8 Å². The number of nitrogens with two attached hydrogens (primary N) is 1. The molecule has 4 nitrogen and oxygen atoms in total. The van der Waals surface area contributed by atoms with Gasteiger partial charge in [-0.25, -0.2) is 13.1 Å². The lowest BCUT2D eigenvalue weighted by Gasteiger charge is -2.29. The summed E-state index contributed by atoms with van der Waals surface area (Å²) in [5, 5.41) is 0. The van der Waals surface area contributed by atoms with Gasteiger partial charge >= 0.3 is 0 Å². The SMILES string of the molecule is Cl.NCC(NS(=O)(=O)CCCF)C1CCCCC1. The van der Waals surface area contributed by atoms with E-state index in [4.69, 9.17) is 5.73 Å². The molecule has 0 saturated heterocycles. The Labute approximate surface area is 115 Å². The molecule has 110 valence electrons. The zero-order chi connectivity index (χ0) is 12.7. The molecular formula is C11H24ClFN2O2S. The normalized spacial score (nSPS) is 19.2. The molecule has 1 rings (SSSR count). The van der Waals surface area contributed by atoms with Crippen molar-refractivity contribution in [1.29, 1.82) is 0 Å². The van der Waals surface area contributed by atoms with Crippen LogP contribution in [0.3, 0.4) is 0 Å². The third-order valence-corrected chi connectivity index (χ3v) is 4.84. The summed E-state index contributed by atoms with van der Waals surface area (Å²) in [4.78, 5) is 0. The van der Waals surface area contributed by atoms with Gasteiger partial charge in [-0.15, -0.1) is 12.4 Å². The Bertz CT molecular complexity index is 308. The molecule has 0 aliphatic heterocycles. The summed E-state index contributed by atoms with van der Waals surface area (Å²) in [7, 11) is -3.37. The van der Waals surface area contributed by atoms with E-state index in [1.807, 2.05) is 0 Å². The van der Waals surface area contributed by atoms with Crippen LogP contribution in [0.4, 0.5) is 4.39 Å². The van der Waals surface area contributed by atoms with Crippen molar-refractivity contribution in [3.63, 3.8) is 0 Å². The van der Waals surface area contributed by atoms with Gasteiger partial charge in [0.1, 0.15) is 0 Å². The van der Waals surface area contributed by atoms with Gasteiger partial charge < -0.3 is 5.73 Å². The molecule has 0 aromatic heterocycles. The van der Waals surface area contributed by atoms with Crippen LogP contribution in [-0.4, -0.2) is 33.4 Å². The largest absolute Gasteiger partial charge is 0.329 e. The van der Waals surface area contributed by atoms with E-state index in [0.717, 1.165) is 25.7 Å². The van der Waals surface area contributed by atoms with Gasteiger partial charge in [-0.1, -0.05) is 19.3 Å². The standard InChI is InChI=1S/C11H23FN2O2S.ClH/c12-7-4-8-17(15,16)14-11(9-13)10-5-2-1-3-6-10;/h10-11,14H,1-9,13H2;1H. The van der Waals surface area contributed by atoms with Crippen molar-refractivity contribution in [2.24, 2.45) is 11.7 Å². The second-order valence-electron chi connectivity index (χ2n) is 4.72. The van der Waals surface area contributed by atoms with Gasteiger partial charge in [0.2, 0.25) is 10.0 Å². The number of hydrogen-bond donors (Lipinski definition) is 2. The summed E-state index contributed by atoms with van der Waals surface area (Å²) in [6.07, 6.45) is 5.64. The van der Waals surface area contributed by atoms with E-state index in [0.29, 0.717) is 12.5 Å². The molecule has 1 atom stereocenters. The Morgan fingerprint density at radius 1 is 1.28 bits per heavy atom. The predicted molar refractivity (Wildman–Crippen MR) is 74.2 cm³/mol. The van der Waals surface area contributed by atoms with Crippen LogP contribution >= 0.6 is 12.4 Å². The topological polar surface area (TPSA) is 72.2 Å². The first-order valence-corrected chi connectivity index (χ1v) is 8.00. The zero-order valence-corrected chi connectivity index (χ0v) is 12.2. The minimum atomic E-state index is -3.37. The summed E-state index contributed by atoms with van der Waals surface area (Å²) in [5.74, 6) is 0.195. The lowest BCUT2D eigenvalue weighted by atomic mass is 9.84. The molecule has 7 heteroatoms. The van der Waals surface area contributed by atoms with Crippen molar-refractivity contribution < 1.29 is 12.8 Å². The highest BCUT2D eigenvalue weighted by Gasteiger charge is 2.26. The third-order valence-electron chi connectivity index (χ3n) is 3.35. The predicted octanol–water partition coefficient (Wildman–Crippen LogP) is 1.59. The van der Waals surface area contributed by atoms with Crippen LogP contribution in [0.1, 0.15) is 38.5 Å². The van der Waals surface area contributed by atoms with Crippen LogP contribution in [0.5, 0.6) is 0 Å². The highest BCUT2D eigenvalue weighted by Crippen LogP contribution is 2.26. The van der Waals surface area contributed by atoms with Gasteiger partial charge in [-0.2, -0.15) is 0 Å². The van der Waals surface area contributed by atoms with Crippen LogP contribution in [0.2, 0.25) is 0 Å². The Morgan fingerprint density at radius 2 is 1.89 bits per heavy atom. The quantitative estimate of drug-likeness (QED) is 0.750. The Morgan fingerprint density at radius 3 is 2.39 bits per heavy atom. The number of halogens is 2. The molecular weight excluding hydrogens is 279 g/mol. The first-order valence-electron chi connectivity index (χ1n) is 6.35. The Balaban J connectivity index is 0.00000289. The van der Waals surface area contributed by atoms with Crippen molar-refractivity contribution in [1.82, 2.24) is 4.72 Å². The van der Waals surface area contributed by atoms with Crippen molar-refractivity contribution in [2.75, 3.05) is 19.0 Å². The highest BCUT2D eigenvalue weighted by molar-refractivity contribution is 7.89. The van der Waals surface area contributed by atoms with Gasteiger partial charge in [0.25, 0.3) is 0 Å². The average Bonchev–Trinajstić information content (AvgIpc) is 2.35. The molecule has 1 fully saturated rings. The van der Waals surface area contributed by atoms with Crippen molar-refractivity contribution in [3.8, 4) is 0 Å². The number of nitrogens with one attached hydrogen (secondary N) is 1. The van der Waals surface area contributed by atoms with Crippen LogP contribution in [0.15, 0.2) is 0 Å². The molecule has 0 amide bonds. The first-order chi connectivity index (χ1) is 8.09. The molecule has 1 aliphatic rings. The molecule has 0 aromatic rings. The van der Waals surface area contributed by atoms with E-state index in [1.165, 1.54) is 6.42 Å². The maximum atomic E-state index is 12.0. The van der Waals surface area contributed by atoms with Crippen LogP contribution in [0.25, 0.3) is 0 Å². The first kappa shape index (κ1) is 18.1. The van der Waals surface area contributed by atoms with Gasteiger partial charge in [-0.05, 0) is 25.2 Å². The maximum Gasteiger partial charge on any atom is 0.211 e. The fourth-order valence-electron chi connectivity index (χ4n) is 2.41. The zero-order valence-electron chi connectivity index (χ0n) is 10.6. The number of hydrogen-bond acceptors (Lipinski definition) is 3. The van der Waals surface area contributed by atoms with Crippen LogP contribution < -0.4 is 10.5 Å². The van der Waals surface area contributed by atoms with E-state index in [-0.39, 0.29) is 30.6 Å². The molecule has 1 aliphatic carbocycles. The summed E-state index contributed by atoms with van der Waals surface area (Å²) in [6.45, 7) is -0.281. The smallest absolute Gasteiger partial charge is 0.211 e. The summed E-state index contributed by atoms with van der Waals surface area (Å²) >= 11 is 0. The molecule has 0 radical (unpaired) electrons. The average molecular weight is 303 g/mol. The minimum Gasteiger partial charge on any atom is -0.329 e. The van der Waals surface area contributed by atoms with Gasteiger partial charge in [0.15, 0.2) is 0 Å². The molecule has 0 heterocycles. The summed E-state index contributed by atoms with van der Waals surface area (Å²) < 4.78 is 37.9. The third kappa shape index (κ3) is 6.31. The van der Waals surface area contributed by atoms with E-state index >= 15 is 0 Å². The fourth-order valence-corrected chi connectivity index (χ4v) is 3.76. The maximum absolute atomic E-state index is 12.0. The lowest BCUT2D eigenvalue weighted by Crippen LogP contribution is -2.46. The molecule has 18 heavy (non-hydrogen) atoms. The summed E-state index contributed by atoms with van der Waals surface area (Å²) in [5.41, 5.74) is 5.64. The Kier molecular flexibility index (Phi) is 9.11. The molecule has 1 saturated carbocycles. The van der Waals surface area contributed by atoms with Crippen molar-refractivity contribution >= 4 is 22.4 Å².